The van der Waals surface area contributed by atoms with Gasteiger partial charge in [0.25, 0.3) is 0 Å². The fraction of sp³-hybridized carbons (Fsp3) is 0.500. The van der Waals surface area contributed by atoms with E-state index in [0.717, 1.165) is 82.3 Å². The van der Waals surface area contributed by atoms with Crippen LogP contribution in [0.5, 0.6) is 11.8 Å². The number of aromatic hydroxyl groups is 1. The zero-order chi connectivity index (χ0) is 33.5. The number of anilines is 1. The number of aromatic nitrogens is 2. The normalized spacial score (nSPS) is 23.2. The second-order valence-corrected chi connectivity index (χ2v) is 14.1. The maximum atomic E-state index is 16.8. The molecular formula is C38H45FN6O4. The maximum Gasteiger partial charge on any atom is 0.319 e. The van der Waals surface area contributed by atoms with Gasteiger partial charge in [-0.05, 0) is 86.8 Å². The molecule has 1 amide bonds. The Balaban J connectivity index is 1.10. The van der Waals surface area contributed by atoms with Crippen LogP contribution >= 0.6 is 0 Å². The third-order valence-corrected chi connectivity index (χ3v) is 11.0. The van der Waals surface area contributed by atoms with Crippen molar-refractivity contribution in [3.63, 3.8) is 0 Å². The molecule has 2 bridgehead atoms. The minimum atomic E-state index is -0.475. The van der Waals surface area contributed by atoms with Gasteiger partial charge in [0.15, 0.2) is 5.82 Å². The van der Waals surface area contributed by atoms with Crippen molar-refractivity contribution in [2.45, 2.75) is 56.7 Å². The number of phenolic OH excluding ortho intramolecular Hbond substituents is 1. The van der Waals surface area contributed by atoms with Crippen molar-refractivity contribution in [3.8, 4) is 22.9 Å². The van der Waals surface area contributed by atoms with Crippen LogP contribution < -0.4 is 9.64 Å². The molecule has 10 nitrogen and oxygen atoms in total. The lowest BCUT2D eigenvalue weighted by molar-refractivity contribution is -0.134. The average Bonchev–Trinajstić information content (AvgIpc) is 3.65. The summed E-state index contributed by atoms with van der Waals surface area (Å²) in [5.74, 6) is 0.469. The highest BCUT2D eigenvalue weighted by Crippen LogP contribution is 2.40. The van der Waals surface area contributed by atoms with Crippen LogP contribution in [-0.4, -0.2) is 120 Å². The number of fused-ring (bicyclic) bond motifs is 4. The molecule has 0 saturated carbocycles. The van der Waals surface area contributed by atoms with Crippen molar-refractivity contribution < 1.29 is 23.8 Å². The van der Waals surface area contributed by atoms with Gasteiger partial charge in [0.2, 0.25) is 5.91 Å². The Morgan fingerprint density at radius 2 is 1.78 bits per heavy atom. The number of ether oxygens (including phenoxy) is 2. The predicted octanol–water partition coefficient (Wildman–Crippen LogP) is 5.06. The summed E-state index contributed by atoms with van der Waals surface area (Å²) in [4.78, 5) is 32.1. The van der Waals surface area contributed by atoms with Crippen molar-refractivity contribution in [3.05, 3.63) is 54.3 Å². The summed E-state index contributed by atoms with van der Waals surface area (Å²) in [6.07, 6.45) is 5.43. The highest BCUT2D eigenvalue weighted by atomic mass is 19.1. The van der Waals surface area contributed by atoms with Crippen LogP contribution in [0, 0.1) is 5.82 Å². The molecular weight excluding hydrogens is 623 g/mol. The number of rotatable bonds is 9. The number of halogens is 1. The second kappa shape index (κ2) is 13.7. The highest BCUT2D eigenvalue weighted by Gasteiger charge is 2.43. The number of phenols is 1. The number of carbonyl (C=O) groups excluding carboxylic acids is 1. The Hall–Kier alpha value is -4.06. The molecule has 0 radical (unpaired) electrons. The van der Waals surface area contributed by atoms with Crippen LogP contribution in [0.25, 0.3) is 32.8 Å². The van der Waals surface area contributed by atoms with Gasteiger partial charge in [0, 0.05) is 61.7 Å². The number of likely N-dealkylation sites (tertiary alicyclic amines) is 1. The molecule has 49 heavy (non-hydrogen) atoms. The number of carbonyl (C=O) groups is 1. The summed E-state index contributed by atoms with van der Waals surface area (Å²) in [7, 11) is 2.10. The first-order valence-electron chi connectivity index (χ1n) is 17.8. The standard InChI is InChI=1S/C38H45FN6O4/c1-42-14-4-7-28(42)24-49-38-40-36-32(13-12-31(35(36)39)33-21-29(46)20-25-6-2-3-8-30(25)33)37(41-38)44-22-26-10-11-27(23-44)45(26)34(47)9-5-15-43-16-18-48-19-17-43/h2-3,6,8,12-13,20-21,26-28,46H,4-5,7,9-11,14-19,22-24H2,1H3/t26-,27+,28-/m1/s1. The van der Waals surface area contributed by atoms with Gasteiger partial charge in [-0.1, -0.05) is 30.3 Å². The average molecular weight is 669 g/mol. The lowest BCUT2D eigenvalue weighted by Crippen LogP contribution is -2.56. The SMILES string of the molecule is CN1CCC[C@@H]1COc1nc(N2C[C@H]3CC[C@@H](C2)N3C(=O)CCCN2CCOCC2)c2ccc(-c3cc(O)cc4ccccc34)c(F)c2n1. The van der Waals surface area contributed by atoms with Crippen molar-refractivity contribution >= 4 is 33.4 Å². The summed E-state index contributed by atoms with van der Waals surface area (Å²) < 4.78 is 28.5. The van der Waals surface area contributed by atoms with E-state index in [1.807, 2.05) is 30.3 Å². The second-order valence-electron chi connectivity index (χ2n) is 14.1. The first-order valence-corrected chi connectivity index (χ1v) is 17.8. The Morgan fingerprint density at radius 1 is 0.980 bits per heavy atom. The quantitative estimate of drug-likeness (QED) is 0.263. The lowest BCUT2D eigenvalue weighted by Gasteiger charge is -2.42. The summed E-state index contributed by atoms with van der Waals surface area (Å²) >= 11 is 0. The minimum Gasteiger partial charge on any atom is -0.508 e. The molecule has 1 N–H and O–H groups in total. The van der Waals surface area contributed by atoms with Gasteiger partial charge >= 0.3 is 6.01 Å². The fourth-order valence-corrected chi connectivity index (χ4v) is 8.41. The molecule has 4 fully saturated rings. The van der Waals surface area contributed by atoms with Gasteiger partial charge in [0.1, 0.15) is 23.7 Å². The molecule has 0 spiro atoms. The number of hydrogen-bond donors (Lipinski definition) is 1. The topological polar surface area (TPSA) is 94.5 Å². The Labute approximate surface area is 286 Å². The van der Waals surface area contributed by atoms with Crippen molar-refractivity contribution in [2.24, 2.45) is 0 Å². The first-order chi connectivity index (χ1) is 23.9. The zero-order valence-electron chi connectivity index (χ0n) is 28.2. The van der Waals surface area contributed by atoms with E-state index in [9.17, 15) is 9.90 Å². The van der Waals surface area contributed by atoms with E-state index in [2.05, 4.69) is 31.6 Å². The van der Waals surface area contributed by atoms with Gasteiger partial charge in [-0.15, -0.1) is 0 Å². The molecule has 1 aromatic heterocycles. The molecule has 3 atom stereocenters. The number of likely N-dealkylation sites (N-methyl/N-ethyl adjacent to an activating group) is 1. The van der Waals surface area contributed by atoms with E-state index in [0.29, 0.717) is 48.4 Å². The maximum absolute atomic E-state index is 16.8. The Morgan fingerprint density at radius 3 is 2.55 bits per heavy atom. The molecule has 258 valence electrons. The Kier molecular flexibility index (Phi) is 8.98. The van der Waals surface area contributed by atoms with Crippen molar-refractivity contribution in [1.82, 2.24) is 24.7 Å². The molecule has 0 aliphatic carbocycles. The van der Waals surface area contributed by atoms with Crippen LogP contribution in [0.4, 0.5) is 10.2 Å². The molecule has 4 aliphatic heterocycles. The molecule has 4 aliphatic rings. The monoisotopic (exact) mass is 668 g/mol. The molecule has 11 heteroatoms. The summed E-state index contributed by atoms with van der Waals surface area (Å²) in [5.41, 5.74) is 1.15. The highest BCUT2D eigenvalue weighted by molar-refractivity contribution is 6.01. The largest absolute Gasteiger partial charge is 0.508 e. The first kappa shape index (κ1) is 32.2. The lowest BCUT2D eigenvalue weighted by atomic mass is 9.96. The molecule has 5 heterocycles. The number of benzene rings is 3. The minimum absolute atomic E-state index is 0.0743. The van der Waals surface area contributed by atoms with Crippen molar-refractivity contribution in [2.75, 3.05) is 71.0 Å². The van der Waals surface area contributed by atoms with Gasteiger partial charge in [0.05, 0.1) is 13.2 Å². The zero-order valence-corrected chi connectivity index (χ0v) is 28.2. The van der Waals surface area contributed by atoms with Crippen LogP contribution in [0.2, 0.25) is 0 Å². The van der Waals surface area contributed by atoms with E-state index in [-0.39, 0.29) is 41.3 Å². The van der Waals surface area contributed by atoms with Crippen molar-refractivity contribution in [1.29, 1.82) is 0 Å². The number of hydrogen-bond acceptors (Lipinski definition) is 9. The van der Waals surface area contributed by atoms with Crippen LogP contribution in [-0.2, 0) is 9.53 Å². The Bertz CT molecular complexity index is 1840. The van der Waals surface area contributed by atoms with E-state index in [4.69, 9.17) is 14.5 Å². The van der Waals surface area contributed by atoms with Gasteiger partial charge in [-0.3, -0.25) is 9.69 Å². The van der Waals surface area contributed by atoms with E-state index in [1.54, 1.807) is 18.2 Å². The van der Waals surface area contributed by atoms with Gasteiger partial charge < -0.3 is 29.3 Å². The van der Waals surface area contributed by atoms with Gasteiger partial charge in [-0.2, -0.15) is 9.97 Å². The summed E-state index contributed by atoms with van der Waals surface area (Å²) in [5, 5.41) is 12.8. The predicted molar refractivity (Wildman–Crippen MR) is 188 cm³/mol. The number of amides is 1. The molecule has 4 aromatic rings. The third-order valence-electron chi connectivity index (χ3n) is 11.0. The van der Waals surface area contributed by atoms with Crippen LogP contribution in [0.15, 0.2) is 48.5 Å². The molecule has 0 unspecified atom stereocenters. The van der Waals surface area contributed by atoms with E-state index >= 15 is 4.39 Å². The van der Waals surface area contributed by atoms with E-state index < -0.39 is 5.82 Å². The van der Waals surface area contributed by atoms with Crippen LogP contribution in [0.1, 0.15) is 38.5 Å². The third kappa shape index (κ3) is 6.39. The van der Waals surface area contributed by atoms with E-state index in [1.165, 1.54) is 0 Å². The number of morpholine rings is 1. The molecule has 8 rings (SSSR count). The summed E-state index contributed by atoms with van der Waals surface area (Å²) in [6, 6.07) is 15.2. The number of nitrogens with zero attached hydrogens (tertiary/aromatic N) is 6. The van der Waals surface area contributed by atoms with Gasteiger partial charge in [-0.25, -0.2) is 4.39 Å². The molecule has 4 saturated heterocycles. The van der Waals surface area contributed by atoms with Crippen LogP contribution in [0.3, 0.4) is 0 Å². The smallest absolute Gasteiger partial charge is 0.319 e. The summed E-state index contributed by atoms with van der Waals surface area (Å²) in [6.45, 7) is 7.01. The number of piperazine rings is 1. The fourth-order valence-electron chi connectivity index (χ4n) is 8.41. The molecule has 3 aromatic carbocycles.